The molecule has 2 N–H and O–H groups in total. The van der Waals surface area contributed by atoms with E-state index in [-0.39, 0.29) is 12.1 Å². The average molecular weight is 311 g/mol. The molecule has 5 heteroatoms. The summed E-state index contributed by atoms with van der Waals surface area (Å²) in [6.45, 7) is 1.90. The van der Waals surface area contributed by atoms with Crippen molar-refractivity contribution >= 4 is 11.8 Å². The van der Waals surface area contributed by atoms with Crippen LogP contribution in [0.3, 0.4) is 0 Å². The van der Waals surface area contributed by atoms with Crippen molar-refractivity contribution in [3.05, 3.63) is 64.7 Å². The Morgan fingerprint density at radius 2 is 1.86 bits per heavy atom. The van der Waals surface area contributed by atoms with Crippen LogP contribution in [0.25, 0.3) is 0 Å². The zero-order valence-electron chi connectivity index (χ0n) is 11.6. The van der Waals surface area contributed by atoms with Gasteiger partial charge < -0.3 is 5.73 Å². The van der Waals surface area contributed by atoms with Crippen molar-refractivity contribution in [1.82, 2.24) is 0 Å². The molecule has 2 aromatic rings. The maximum absolute atomic E-state index is 12.8. The molecule has 1 nitrogen and oxygen atoms in total. The van der Waals surface area contributed by atoms with Crippen molar-refractivity contribution in [3.8, 4) is 0 Å². The molecule has 2 aromatic carbocycles. The van der Waals surface area contributed by atoms with E-state index in [4.69, 9.17) is 5.73 Å². The van der Waals surface area contributed by atoms with Crippen molar-refractivity contribution in [3.63, 3.8) is 0 Å². The van der Waals surface area contributed by atoms with Crippen LogP contribution in [0.5, 0.6) is 0 Å². The third kappa shape index (κ3) is 4.25. The number of aryl methyl sites for hydroxylation is 1. The van der Waals surface area contributed by atoms with Gasteiger partial charge in [0.05, 0.1) is 5.56 Å². The Hall–Kier alpha value is -1.46. The van der Waals surface area contributed by atoms with Crippen LogP contribution in [-0.2, 0) is 18.5 Å². The van der Waals surface area contributed by atoms with Gasteiger partial charge in [0.2, 0.25) is 0 Å². The van der Waals surface area contributed by atoms with Crippen LogP contribution in [0, 0.1) is 6.92 Å². The molecule has 0 aliphatic heterocycles. The smallest absolute Gasteiger partial charge is 0.326 e. The van der Waals surface area contributed by atoms with Crippen molar-refractivity contribution in [2.24, 2.45) is 5.73 Å². The molecule has 112 valence electrons. The lowest BCUT2D eigenvalue weighted by molar-refractivity contribution is -0.138. The first-order valence-electron chi connectivity index (χ1n) is 6.48. The second-order valence-corrected chi connectivity index (χ2v) is 5.85. The molecular formula is C16H16F3NS. The molecule has 0 saturated heterocycles. The first kappa shape index (κ1) is 15.9. The SMILES string of the molecule is Cc1cccc(CSc2ccc(C(F)(F)F)c(CN)c2)c1. The monoisotopic (exact) mass is 311 g/mol. The summed E-state index contributed by atoms with van der Waals surface area (Å²) < 4.78 is 38.4. The minimum absolute atomic E-state index is 0.117. The molecule has 0 bridgehead atoms. The number of nitrogens with two attached hydrogens (primary N) is 1. The summed E-state index contributed by atoms with van der Waals surface area (Å²) in [6.07, 6.45) is -4.35. The number of alkyl halides is 3. The molecule has 0 aromatic heterocycles. The van der Waals surface area contributed by atoms with E-state index in [1.54, 1.807) is 0 Å². The van der Waals surface area contributed by atoms with E-state index in [0.717, 1.165) is 22.3 Å². The summed E-state index contributed by atoms with van der Waals surface area (Å²) in [5, 5.41) is 0. The van der Waals surface area contributed by atoms with Gasteiger partial charge in [-0.3, -0.25) is 0 Å². The zero-order chi connectivity index (χ0) is 15.5. The van der Waals surface area contributed by atoms with Gasteiger partial charge in [-0.2, -0.15) is 13.2 Å². The van der Waals surface area contributed by atoms with Gasteiger partial charge in [0.15, 0.2) is 0 Å². The van der Waals surface area contributed by atoms with Crippen LogP contribution >= 0.6 is 11.8 Å². The number of benzene rings is 2. The maximum Gasteiger partial charge on any atom is 0.416 e. The van der Waals surface area contributed by atoms with Gasteiger partial charge in [-0.25, -0.2) is 0 Å². The summed E-state index contributed by atoms with van der Waals surface area (Å²) in [5.74, 6) is 0.719. The molecule has 0 aliphatic rings. The highest BCUT2D eigenvalue weighted by atomic mass is 32.2. The normalized spacial score (nSPS) is 11.7. The largest absolute Gasteiger partial charge is 0.416 e. The zero-order valence-corrected chi connectivity index (χ0v) is 12.4. The highest BCUT2D eigenvalue weighted by molar-refractivity contribution is 7.98. The van der Waals surface area contributed by atoms with E-state index < -0.39 is 11.7 Å². The number of rotatable bonds is 4. The number of hydrogen-bond donors (Lipinski definition) is 1. The van der Waals surface area contributed by atoms with Gasteiger partial charge in [-0.1, -0.05) is 29.8 Å². The van der Waals surface area contributed by atoms with Gasteiger partial charge >= 0.3 is 6.18 Å². The molecule has 0 spiro atoms. The van der Waals surface area contributed by atoms with Crippen LogP contribution < -0.4 is 5.73 Å². The third-order valence-electron chi connectivity index (χ3n) is 3.09. The second-order valence-electron chi connectivity index (χ2n) is 4.80. The lowest BCUT2D eigenvalue weighted by Crippen LogP contribution is -2.11. The molecule has 0 radical (unpaired) electrons. The Balaban J connectivity index is 2.14. The number of thioether (sulfide) groups is 1. The Morgan fingerprint density at radius 3 is 2.48 bits per heavy atom. The highest BCUT2D eigenvalue weighted by Crippen LogP contribution is 2.34. The molecule has 0 atom stereocenters. The van der Waals surface area contributed by atoms with Crippen LogP contribution in [0.4, 0.5) is 13.2 Å². The van der Waals surface area contributed by atoms with E-state index >= 15 is 0 Å². The first-order chi connectivity index (χ1) is 9.90. The molecule has 0 fully saturated rings. The summed E-state index contributed by atoms with van der Waals surface area (Å²) in [7, 11) is 0. The summed E-state index contributed by atoms with van der Waals surface area (Å²) in [6, 6.07) is 12.2. The molecule has 0 aliphatic carbocycles. The summed E-state index contributed by atoms with van der Waals surface area (Å²) in [5.41, 5.74) is 7.24. The first-order valence-corrected chi connectivity index (χ1v) is 7.47. The quantitative estimate of drug-likeness (QED) is 0.824. The Bertz CT molecular complexity index is 623. The standard InChI is InChI=1S/C16H16F3NS/c1-11-3-2-4-12(7-11)10-21-14-5-6-15(16(17,18)19)13(8-14)9-20/h2-8H,9-10,20H2,1H3. The fraction of sp³-hybridized carbons (Fsp3) is 0.250. The summed E-state index contributed by atoms with van der Waals surface area (Å²) in [4.78, 5) is 0.796. The van der Waals surface area contributed by atoms with Crippen molar-refractivity contribution < 1.29 is 13.2 Å². The van der Waals surface area contributed by atoms with E-state index in [1.165, 1.54) is 29.5 Å². The minimum Gasteiger partial charge on any atom is -0.326 e. The minimum atomic E-state index is -4.35. The lowest BCUT2D eigenvalue weighted by Gasteiger charge is -2.13. The molecule has 2 rings (SSSR count). The van der Waals surface area contributed by atoms with Crippen LogP contribution in [0.1, 0.15) is 22.3 Å². The van der Waals surface area contributed by atoms with E-state index in [0.29, 0.717) is 0 Å². The fourth-order valence-corrected chi connectivity index (χ4v) is 2.98. The van der Waals surface area contributed by atoms with Crippen molar-refractivity contribution in [2.45, 2.75) is 30.3 Å². The van der Waals surface area contributed by atoms with Gasteiger partial charge in [0, 0.05) is 17.2 Å². The predicted molar refractivity (Wildman–Crippen MR) is 80.1 cm³/mol. The third-order valence-corrected chi connectivity index (χ3v) is 4.15. The molecule has 21 heavy (non-hydrogen) atoms. The molecule has 0 unspecified atom stereocenters. The Morgan fingerprint density at radius 1 is 1.10 bits per heavy atom. The van der Waals surface area contributed by atoms with Crippen LogP contribution in [-0.4, -0.2) is 0 Å². The van der Waals surface area contributed by atoms with Crippen molar-refractivity contribution in [1.29, 1.82) is 0 Å². The van der Waals surface area contributed by atoms with Gasteiger partial charge in [0.25, 0.3) is 0 Å². The molecule has 0 heterocycles. The number of hydrogen-bond acceptors (Lipinski definition) is 2. The van der Waals surface area contributed by atoms with Gasteiger partial charge in [0.1, 0.15) is 0 Å². The number of halogens is 3. The molecular weight excluding hydrogens is 295 g/mol. The fourth-order valence-electron chi connectivity index (χ4n) is 2.07. The van der Waals surface area contributed by atoms with Crippen LogP contribution in [0.15, 0.2) is 47.4 Å². The summed E-state index contributed by atoms with van der Waals surface area (Å²) >= 11 is 1.51. The van der Waals surface area contributed by atoms with Gasteiger partial charge in [-0.05, 0) is 36.2 Å². The Labute approximate surface area is 126 Å². The average Bonchev–Trinajstić information content (AvgIpc) is 2.44. The second kappa shape index (κ2) is 6.54. The Kier molecular flexibility index (Phi) is 4.96. The van der Waals surface area contributed by atoms with Crippen LogP contribution in [0.2, 0.25) is 0 Å². The van der Waals surface area contributed by atoms with Gasteiger partial charge in [-0.15, -0.1) is 11.8 Å². The van der Waals surface area contributed by atoms with Crippen molar-refractivity contribution in [2.75, 3.05) is 0 Å². The molecule has 0 saturated carbocycles. The van der Waals surface area contributed by atoms with E-state index in [1.807, 2.05) is 25.1 Å². The predicted octanol–water partition coefficient (Wildman–Crippen LogP) is 4.76. The van der Waals surface area contributed by atoms with E-state index in [9.17, 15) is 13.2 Å². The topological polar surface area (TPSA) is 26.0 Å². The van der Waals surface area contributed by atoms with E-state index in [2.05, 4.69) is 6.07 Å². The molecule has 0 amide bonds. The lowest BCUT2D eigenvalue weighted by atomic mass is 10.1. The highest BCUT2D eigenvalue weighted by Gasteiger charge is 2.32. The maximum atomic E-state index is 12.8.